The number of rotatable bonds is 3. The van der Waals surface area contributed by atoms with Crippen LogP contribution >= 0.6 is 23.2 Å². The highest BCUT2D eigenvalue weighted by Gasteiger charge is 2.17. The van der Waals surface area contributed by atoms with Crippen molar-refractivity contribution in [2.75, 3.05) is 6.26 Å². The van der Waals surface area contributed by atoms with Gasteiger partial charge in [0, 0.05) is 17.3 Å². The van der Waals surface area contributed by atoms with E-state index < -0.39 is 15.7 Å². The minimum absolute atomic E-state index is 0.122. The molecule has 0 amide bonds. The summed E-state index contributed by atoms with van der Waals surface area (Å²) in [6, 6.07) is 6.55. The summed E-state index contributed by atoms with van der Waals surface area (Å²) in [6.07, 6.45) is 1.10. The lowest BCUT2D eigenvalue weighted by atomic mass is 10.2. The van der Waals surface area contributed by atoms with Gasteiger partial charge in [-0.15, -0.1) is 0 Å². The number of sulfone groups is 1. The first-order valence-corrected chi connectivity index (χ1v) is 8.46. The summed E-state index contributed by atoms with van der Waals surface area (Å²) in [5.74, 6) is -0.144. The Balaban J connectivity index is 2.45. The first-order valence-electron chi connectivity index (χ1n) is 5.81. The molecule has 0 fully saturated rings. The van der Waals surface area contributed by atoms with Gasteiger partial charge in [-0.25, -0.2) is 12.8 Å². The largest absolute Gasteiger partial charge is 0.456 e. The molecule has 21 heavy (non-hydrogen) atoms. The fourth-order valence-electron chi connectivity index (χ4n) is 1.84. The molecule has 0 N–H and O–H groups in total. The van der Waals surface area contributed by atoms with Crippen LogP contribution in [0.1, 0.15) is 5.56 Å². The standard InChI is InChI=1S/C14H11Cl2FO3S/c1-8-13(21(2,18)19)4-3-12(14(8)16)20-11-6-9(15)5-10(17)7-11/h3-7H,1-2H3. The van der Waals surface area contributed by atoms with Crippen molar-refractivity contribution < 1.29 is 17.5 Å². The maximum atomic E-state index is 13.3. The van der Waals surface area contributed by atoms with Crippen LogP contribution in [-0.4, -0.2) is 14.7 Å². The van der Waals surface area contributed by atoms with Crippen LogP contribution in [0, 0.1) is 12.7 Å². The van der Waals surface area contributed by atoms with Crippen molar-refractivity contribution in [2.24, 2.45) is 0 Å². The fourth-order valence-corrected chi connectivity index (χ4v) is 3.28. The summed E-state index contributed by atoms with van der Waals surface area (Å²) in [5.41, 5.74) is 0.374. The summed E-state index contributed by atoms with van der Waals surface area (Å²) in [5, 5.41) is 0.337. The van der Waals surface area contributed by atoms with E-state index in [9.17, 15) is 12.8 Å². The molecule has 0 bridgehead atoms. The molecular weight excluding hydrogens is 338 g/mol. The molecule has 3 nitrogen and oxygen atoms in total. The normalized spacial score (nSPS) is 11.5. The topological polar surface area (TPSA) is 43.4 Å². The second-order valence-electron chi connectivity index (χ2n) is 4.48. The Morgan fingerprint density at radius 3 is 2.38 bits per heavy atom. The molecule has 2 aromatic carbocycles. The maximum Gasteiger partial charge on any atom is 0.175 e. The average Bonchev–Trinajstić information content (AvgIpc) is 2.32. The zero-order valence-electron chi connectivity index (χ0n) is 11.2. The molecule has 0 aliphatic heterocycles. The predicted molar refractivity (Wildman–Crippen MR) is 80.8 cm³/mol. The highest BCUT2D eigenvalue weighted by atomic mass is 35.5. The highest BCUT2D eigenvalue weighted by molar-refractivity contribution is 7.90. The van der Waals surface area contributed by atoms with E-state index in [0.29, 0.717) is 5.56 Å². The van der Waals surface area contributed by atoms with Gasteiger partial charge in [-0.3, -0.25) is 0 Å². The van der Waals surface area contributed by atoms with Crippen molar-refractivity contribution in [3.8, 4) is 11.5 Å². The van der Waals surface area contributed by atoms with Gasteiger partial charge >= 0.3 is 0 Å². The molecule has 0 atom stereocenters. The van der Waals surface area contributed by atoms with E-state index in [1.807, 2.05) is 0 Å². The molecule has 0 saturated heterocycles. The minimum atomic E-state index is -3.38. The Bertz CT molecular complexity index is 784. The molecule has 0 aliphatic carbocycles. The van der Waals surface area contributed by atoms with Crippen LogP contribution < -0.4 is 4.74 Å². The van der Waals surface area contributed by atoms with Crippen molar-refractivity contribution in [3.05, 3.63) is 51.8 Å². The van der Waals surface area contributed by atoms with Gasteiger partial charge in [0.25, 0.3) is 0 Å². The zero-order chi connectivity index (χ0) is 15.8. The van der Waals surface area contributed by atoms with Crippen LogP contribution in [0.25, 0.3) is 0 Å². The van der Waals surface area contributed by atoms with Gasteiger partial charge in [0.05, 0.1) is 9.92 Å². The summed E-state index contributed by atoms with van der Waals surface area (Å²) in [7, 11) is -3.38. The van der Waals surface area contributed by atoms with Crippen molar-refractivity contribution in [1.82, 2.24) is 0 Å². The van der Waals surface area contributed by atoms with E-state index in [4.69, 9.17) is 27.9 Å². The van der Waals surface area contributed by atoms with Crippen LogP contribution in [0.2, 0.25) is 10.0 Å². The molecule has 0 spiro atoms. The number of hydrogen-bond acceptors (Lipinski definition) is 3. The van der Waals surface area contributed by atoms with Gasteiger partial charge in [0.2, 0.25) is 0 Å². The van der Waals surface area contributed by atoms with Gasteiger partial charge < -0.3 is 4.74 Å². The molecule has 2 rings (SSSR count). The average molecular weight is 349 g/mol. The van der Waals surface area contributed by atoms with Crippen molar-refractivity contribution >= 4 is 33.0 Å². The molecule has 0 radical (unpaired) electrons. The Labute approximate surface area is 132 Å². The smallest absolute Gasteiger partial charge is 0.175 e. The Morgan fingerprint density at radius 2 is 1.81 bits per heavy atom. The lowest BCUT2D eigenvalue weighted by molar-refractivity contribution is 0.476. The van der Waals surface area contributed by atoms with Crippen LogP contribution in [0.3, 0.4) is 0 Å². The molecular formula is C14H11Cl2FO3S. The zero-order valence-corrected chi connectivity index (χ0v) is 13.5. The molecule has 7 heteroatoms. The van der Waals surface area contributed by atoms with Crippen LogP contribution in [0.5, 0.6) is 11.5 Å². The van der Waals surface area contributed by atoms with Gasteiger partial charge in [-0.2, -0.15) is 0 Å². The lowest BCUT2D eigenvalue weighted by Crippen LogP contribution is -2.01. The molecule has 0 aliphatic rings. The number of benzene rings is 2. The predicted octanol–water partition coefficient (Wildman–Crippen LogP) is 4.64. The van der Waals surface area contributed by atoms with E-state index in [0.717, 1.165) is 18.4 Å². The molecule has 112 valence electrons. The van der Waals surface area contributed by atoms with Crippen molar-refractivity contribution in [2.45, 2.75) is 11.8 Å². The van der Waals surface area contributed by atoms with Crippen molar-refractivity contribution in [3.63, 3.8) is 0 Å². The number of ether oxygens (including phenoxy) is 1. The monoisotopic (exact) mass is 348 g/mol. The van der Waals surface area contributed by atoms with Crippen LogP contribution in [0.4, 0.5) is 4.39 Å². The van der Waals surface area contributed by atoms with E-state index in [-0.39, 0.29) is 26.4 Å². The van der Waals surface area contributed by atoms with Crippen LogP contribution in [0.15, 0.2) is 35.2 Å². The molecule has 0 heterocycles. The van der Waals surface area contributed by atoms with Crippen molar-refractivity contribution in [1.29, 1.82) is 0 Å². The SMILES string of the molecule is Cc1c(S(C)(=O)=O)ccc(Oc2cc(F)cc(Cl)c2)c1Cl. The van der Waals surface area contributed by atoms with Gasteiger partial charge in [-0.1, -0.05) is 23.2 Å². The van der Waals surface area contributed by atoms with Gasteiger partial charge in [-0.05, 0) is 36.8 Å². The van der Waals surface area contributed by atoms with Crippen LogP contribution in [-0.2, 0) is 9.84 Å². The second-order valence-corrected chi connectivity index (χ2v) is 7.28. The Hall–Kier alpha value is -1.30. The minimum Gasteiger partial charge on any atom is -0.456 e. The van der Waals surface area contributed by atoms with Gasteiger partial charge in [0.1, 0.15) is 17.3 Å². The molecule has 0 saturated carbocycles. The quantitative estimate of drug-likeness (QED) is 0.811. The van der Waals surface area contributed by atoms with E-state index >= 15 is 0 Å². The molecule has 2 aromatic rings. The number of hydrogen-bond donors (Lipinski definition) is 0. The summed E-state index contributed by atoms with van der Waals surface area (Å²) in [6.45, 7) is 1.57. The fraction of sp³-hybridized carbons (Fsp3) is 0.143. The van der Waals surface area contributed by atoms with Gasteiger partial charge in [0.15, 0.2) is 9.84 Å². The third-order valence-electron chi connectivity index (χ3n) is 2.76. The third-order valence-corrected chi connectivity index (χ3v) is 4.69. The maximum absolute atomic E-state index is 13.3. The number of halogens is 3. The highest BCUT2D eigenvalue weighted by Crippen LogP contribution is 2.35. The molecule has 0 aromatic heterocycles. The first kappa shape index (κ1) is 16.1. The first-order chi connectivity index (χ1) is 9.68. The van der Waals surface area contributed by atoms with E-state index in [1.165, 1.54) is 18.2 Å². The summed E-state index contributed by atoms with van der Waals surface area (Å²) >= 11 is 11.9. The van der Waals surface area contributed by atoms with E-state index in [2.05, 4.69) is 0 Å². The molecule has 0 unspecified atom stereocenters. The lowest BCUT2D eigenvalue weighted by Gasteiger charge is -2.12. The summed E-state index contributed by atoms with van der Waals surface area (Å²) in [4.78, 5) is 0.122. The Kier molecular flexibility index (Phi) is 4.46. The Morgan fingerprint density at radius 1 is 1.14 bits per heavy atom. The van der Waals surface area contributed by atoms with E-state index in [1.54, 1.807) is 6.92 Å². The second kappa shape index (κ2) is 5.83. The summed E-state index contributed by atoms with van der Waals surface area (Å²) < 4.78 is 41.9. The third kappa shape index (κ3) is 3.67.